The topological polar surface area (TPSA) is 136 Å². The Morgan fingerprint density at radius 3 is 2.33 bits per heavy atom. The Kier molecular flexibility index (Phi) is 12.9. The van der Waals surface area contributed by atoms with Gasteiger partial charge in [0, 0.05) is 37.1 Å². The van der Waals surface area contributed by atoms with Gasteiger partial charge in [-0.3, -0.25) is 9.59 Å². The number of nitrogens with one attached hydrogen (secondary N) is 2. The predicted octanol–water partition coefficient (Wildman–Crippen LogP) is 9.19. The van der Waals surface area contributed by atoms with Crippen LogP contribution in [0.5, 0.6) is 0 Å². The third-order valence-corrected chi connectivity index (χ3v) is 11.8. The molecule has 1 fully saturated rings. The molecule has 11 heteroatoms. The summed E-state index contributed by atoms with van der Waals surface area (Å²) in [6.45, 7) is 0.414. The van der Waals surface area contributed by atoms with Gasteiger partial charge in [-0.2, -0.15) is 0 Å². The number of carbonyl (C=O) groups is 2. The molecule has 6 aromatic rings. The zero-order valence-electron chi connectivity index (χ0n) is 30.4. The maximum atomic E-state index is 12.6. The minimum atomic E-state index is -0.551. The number of thioether (sulfide) groups is 1. The normalized spacial score (nSPS) is 16.9. The second-order valence-electron chi connectivity index (χ2n) is 13.6. The zero-order chi connectivity index (χ0) is 38.0. The van der Waals surface area contributed by atoms with E-state index in [-0.39, 0.29) is 30.6 Å². The van der Waals surface area contributed by atoms with Gasteiger partial charge >= 0.3 is 0 Å². The van der Waals surface area contributed by atoms with E-state index in [0.29, 0.717) is 50.0 Å². The van der Waals surface area contributed by atoms with Gasteiger partial charge in [-0.1, -0.05) is 103 Å². The number of unbranched alkanes of at least 4 members (excludes halogenated alkanes) is 1. The molecule has 5 N–H and O–H groups in total. The van der Waals surface area contributed by atoms with Crippen molar-refractivity contribution in [3.8, 4) is 11.1 Å². The first-order chi connectivity index (χ1) is 26.9. The number of aliphatic hydroxyl groups excluding tert-OH is 1. The summed E-state index contributed by atoms with van der Waals surface area (Å²) >= 11 is 3.42. The molecule has 0 unspecified atom stereocenters. The summed E-state index contributed by atoms with van der Waals surface area (Å²) in [5, 5.41) is 15.4. The van der Waals surface area contributed by atoms with Crippen LogP contribution >= 0.6 is 23.1 Å². The number of amides is 2. The average Bonchev–Trinajstić information content (AvgIpc) is 3.65. The lowest BCUT2D eigenvalue weighted by Gasteiger charge is -2.36. The van der Waals surface area contributed by atoms with Gasteiger partial charge in [-0.15, -0.1) is 11.3 Å². The molecule has 2 amide bonds. The molecular formula is C44H44N4O5S2. The highest BCUT2D eigenvalue weighted by Crippen LogP contribution is 2.40. The van der Waals surface area contributed by atoms with Gasteiger partial charge in [0.25, 0.3) is 0 Å². The van der Waals surface area contributed by atoms with Gasteiger partial charge in [0.05, 0.1) is 40.4 Å². The summed E-state index contributed by atoms with van der Waals surface area (Å²) in [6.07, 6.45) is 1.82. The molecular weight excluding hydrogens is 729 g/mol. The lowest BCUT2D eigenvalue weighted by Crippen LogP contribution is -2.31. The van der Waals surface area contributed by atoms with Crippen molar-refractivity contribution in [3.05, 3.63) is 144 Å². The molecule has 55 heavy (non-hydrogen) atoms. The number of hydrogen-bond acceptors (Lipinski definition) is 9. The number of nitrogens with zero attached hydrogens (tertiary/aromatic N) is 1. The Balaban J connectivity index is 0.935. The lowest BCUT2D eigenvalue weighted by molar-refractivity contribution is -0.245. The van der Waals surface area contributed by atoms with Crippen molar-refractivity contribution in [3.63, 3.8) is 0 Å². The molecule has 2 heterocycles. The number of carbonyl (C=O) groups excluding carboxylic acids is 2. The summed E-state index contributed by atoms with van der Waals surface area (Å²) in [7, 11) is 0. The SMILES string of the molecule is Nc1ccccc1NC(=O)CCCCC(=O)NCc1cccc(-c2ccc([C@H]3O[C@@H](CSc4nc5ccccc5s4)C[C@@H](c4ccc(CO)cc4)O3)cc2)c1. The molecule has 1 aliphatic heterocycles. The van der Waals surface area contributed by atoms with E-state index in [4.69, 9.17) is 20.2 Å². The quantitative estimate of drug-likeness (QED) is 0.0461. The number of nitrogen functional groups attached to an aromatic ring is 1. The zero-order valence-corrected chi connectivity index (χ0v) is 32.0. The van der Waals surface area contributed by atoms with Crippen molar-refractivity contribution in [2.75, 3.05) is 16.8 Å². The Bertz CT molecular complexity index is 2180. The Labute approximate surface area is 329 Å². The first-order valence-electron chi connectivity index (χ1n) is 18.5. The molecule has 0 radical (unpaired) electrons. The Hall–Kier alpha value is -5.04. The first kappa shape index (κ1) is 38.2. The summed E-state index contributed by atoms with van der Waals surface area (Å²) < 4.78 is 15.4. The minimum absolute atomic E-state index is 0.00156. The highest BCUT2D eigenvalue weighted by atomic mass is 32.2. The van der Waals surface area contributed by atoms with Crippen LogP contribution in [-0.4, -0.2) is 33.8 Å². The predicted molar refractivity (Wildman–Crippen MR) is 220 cm³/mol. The fraction of sp³-hybridized carbons (Fsp3) is 0.250. The van der Waals surface area contributed by atoms with E-state index in [9.17, 15) is 14.7 Å². The highest BCUT2D eigenvalue weighted by Gasteiger charge is 2.32. The van der Waals surface area contributed by atoms with E-state index >= 15 is 0 Å². The number of anilines is 2. The smallest absolute Gasteiger partial charge is 0.224 e. The summed E-state index contributed by atoms with van der Waals surface area (Å²) in [6, 6.07) is 39.7. The number of hydrogen-bond donors (Lipinski definition) is 4. The number of aromatic nitrogens is 1. The standard InChI is InChI=1S/C44H44N4O5S2/c45-36-10-1-2-11-37(36)47-42(51)15-6-5-14-41(50)46-26-30-8-7-9-34(24-30)31-20-22-33(23-21-31)43-52-35(25-39(53-43)32-18-16-29(27-49)17-19-32)28-54-44-48-38-12-3-4-13-40(38)55-44/h1-4,7-13,16-24,35,39,43,49H,5-6,14-15,25-28,45H2,(H,46,50)(H,47,51)/t35-,39+,43+/m1/s1. The fourth-order valence-corrected chi connectivity index (χ4v) is 8.59. The van der Waals surface area contributed by atoms with Gasteiger partial charge in [-0.05, 0) is 71.0 Å². The lowest BCUT2D eigenvalue weighted by atomic mass is 9.99. The van der Waals surface area contributed by atoms with Crippen LogP contribution in [0.25, 0.3) is 21.3 Å². The Morgan fingerprint density at radius 1 is 0.800 bits per heavy atom. The number of aliphatic hydroxyl groups is 1. The van der Waals surface area contributed by atoms with Crippen LogP contribution in [0.2, 0.25) is 0 Å². The summed E-state index contributed by atoms with van der Waals surface area (Å²) in [5.74, 6) is 0.583. The number of ether oxygens (including phenoxy) is 2. The van der Waals surface area contributed by atoms with Crippen molar-refractivity contribution in [1.29, 1.82) is 0 Å². The summed E-state index contributed by atoms with van der Waals surface area (Å²) in [4.78, 5) is 29.7. The van der Waals surface area contributed by atoms with E-state index in [0.717, 1.165) is 49.0 Å². The molecule has 0 aliphatic carbocycles. The largest absolute Gasteiger partial charge is 0.397 e. The molecule has 7 rings (SSSR count). The van der Waals surface area contributed by atoms with Crippen LogP contribution in [0.15, 0.2) is 126 Å². The first-order valence-corrected chi connectivity index (χ1v) is 20.3. The molecule has 5 aromatic carbocycles. The molecule has 3 atom stereocenters. The van der Waals surface area contributed by atoms with Gasteiger partial charge in [0.15, 0.2) is 10.6 Å². The van der Waals surface area contributed by atoms with Crippen LogP contribution in [-0.2, 0) is 32.2 Å². The van der Waals surface area contributed by atoms with E-state index in [1.807, 2.05) is 66.7 Å². The van der Waals surface area contributed by atoms with Gasteiger partial charge in [-0.25, -0.2) is 4.98 Å². The van der Waals surface area contributed by atoms with Gasteiger partial charge in [0.1, 0.15) is 0 Å². The number of fused-ring (bicyclic) bond motifs is 1. The minimum Gasteiger partial charge on any atom is -0.397 e. The maximum absolute atomic E-state index is 12.6. The molecule has 9 nitrogen and oxygen atoms in total. The Morgan fingerprint density at radius 2 is 1.55 bits per heavy atom. The van der Waals surface area contributed by atoms with Crippen molar-refractivity contribution >= 4 is 56.5 Å². The van der Waals surface area contributed by atoms with E-state index in [2.05, 4.69) is 53.1 Å². The van der Waals surface area contributed by atoms with Crippen LogP contribution in [0.3, 0.4) is 0 Å². The second kappa shape index (κ2) is 18.5. The maximum Gasteiger partial charge on any atom is 0.224 e. The monoisotopic (exact) mass is 772 g/mol. The summed E-state index contributed by atoms with van der Waals surface area (Å²) in [5.41, 5.74) is 14.0. The van der Waals surface area contributed by atoms with Crippen LogP contribution < -0.4 is 16.4 Å². The molecule has 1 aromatic heterocycles. The number of benzene rings is 5. The number of rotatable bonds is 15. The molecule has 0 saturated carbocycles. The van der Waals surface area contributed by atoms with Crippen molar-refractivity contribution < 1.29 is 24.2 Å². The third kappa shape index (κ3) is 10.4. The van der Waals surface area contributed by atoms with Gasteiger partial charge in [0.2, 0.25) is 11.8 Å². The van der Waals surface area contributed by atoms with E-state index in [1.165, 1.54) is 4.70 Å². The van der Waals surface area contributed by atoms with Crippen molar-refractivity contribution in [2.45, 2.75) is 68.1 Å². The third-order valence-electron chi connectivity index (χ3n) is 9.51. The number of thiazole rings is 1. The average molecular weight is 773 g/mol. The molecule has 1 aliphatic rings. The molecule has 0 bridgehead atoms. The van der Waals surface area contributed by atoms with Crippen molar-refractivity contribution in [1.82, 2.24) is 10.3 Å². The fourth-order valence-electron chi connectivity index (χ4n) is 6.48. The van der Waals surface area contributed by atoms with E-state index < -0.39 is 6.29 Å². The van der Waals surface area contributed by atoms with Gasteiger partial charge < -0.3 is 30.9 Å². The molecule has 282 valence electrons. The molecule has 0 spiro atoms. The van der Waals surface area contributed by atoms with E-state index in [1.54, 1.807) is 35.2 Å². The number of para-hydroxylation sites is 3. The van der Waals surface area contributed by atoms with Crippen molar-refractivity contribution in [2.24, 2.45) is 0 Å². The van der Waals surface area contributed by atoms with Crippen LogP contribution in [0.4, 0.5) is 11.4 Å². The second-order valence-corrected chi connectivity index (χ2v) is 15.8. The molecule has 1 saturated heterocycles. The van der Waals surface area contributed by atoms with Crippen LogP contribution in [0.1, 0.15) is 66.8 Å². The van der Waals surface area contributed by atoms with Crippen LogP contribution in [0, 0.1) is 0 Å². The number of nitrogens with two attached hydrogens (primary N) is 1. The highest BCUT2D eigenvalue weighted by molar-refractivity contribution is 8.01.